The molecule has 0 spiro atoms. The van der Waals surface area contributed by atoms with E-state index >= 15 is 0 Å². The second-order valence-corrected chi connectivity index (χ2v) is 6.49. The van der Waals surface area contributed by atoms with Crippen molar-refractivity contribution in [3.05, 3.63) is 22.3 Å². The first-order valence-electron chi connectivity index (χ1n) is 7.17. The number of hydrogen-bond acceptors (Lipinski definition) is 10. The average molecular weight is 371 g/mol. The summed E-state index contributed by atoms with van der Waals surface area (Å²) in [5.74, 6) is 1.41. The molecule has 0 unspecified atom stereocenters. The van der Waals surface area contributed by atoms with Crippen LogP contribution in [0.15, 0.2) is 25.7 Å². The Hall–Kier alpha value is -2.01. The van der Waals surface area contributed by atoms with Gasteiger partial charge in [-0.1, -0.05) is 23.5 Å². The van der Waals surface area contributed by atoms with E-state index in [9.17, 15) is 9.59 Å². The minimum absolute atomic E-state index is 0.157. The largest absolute Gasteiger partial charge is 0.466 e. The molecule has 130 valence electrons. The molecule has 0 fully saturated rings. The van der Waals surface area contributed by atoms with Crippen molar-refractivity contribution in [1.82, 2.24) is 20.2 Å². The molecule has 3 N–H and O–H groups in total. The number of nitrogens with zero attached hydrogens (tertiary/aromatic N) is 3. The van der Waals surface area contributed by atoms with Crippen molar-refractivity contribution < 1.29 is 13.9 Å². The molecule has 2 rings (SSSR count). The van der Waals surface area contributed by atoms with Crippen LogP contribution in [0.4, 0.5) is 5.82 Å². The van der Waals surface area contributed by atoms with Crippen molar-refractivity contribution in [2.75, 3.05) is 18.1 Å². The average Bonchev–Trinajstić information content (AvgIpc) is 2.97. The summed E-state index contributed by atoms with van der Waals surface area (Å²) in [6, 6.07) is 1.21. The van der Waals surface area contributed by atoms with Crippen LogP contribution in [0.25, 0.3) is 0 Å². The normalized spacial score (nSPS) is 10.7. The number of carbonyl (C=O) groups is 1. The van der Waals surface area contributed by atoms with Gasteiger partial charge in [-0.25, -0.2) is 4.98 Å². The number of nitrogens with one attached hydrogen (secondary N) is 1. The molecule has 0 atom stereocenters. The number of esters is 1. The predicted octanol–water partition coefficient (Wildman–Crippen LogP) is 1.46. The van der Waals surface area contributed by atoms with E-state index in [1.807, 2.05) is 0 Å². The monoisotopic (exact) mass is 371 g/mol. The molecule has 0 aliphatic heterocycles. The number of anilines is 1. The topological polar surface area (TPSA) is 137 Å². The summed E-state index contributed by atoms with van der Waals surface area (Å²) in [7, 11) is 0. The third-order valence-corrected chi connectivity index (χ3v) is 4.34. The fraction of sp³-hybridized carbons (Fsp3) is 0.462. The second-order valence-electron chi connectivity index (χ2n) is 4.48. The molecule has 0 radical (unpaired) electrons. The Balaban J connectivity index is 1.74. The maximum absolute atomic E-state index is 11.3. The van der Waals surface area contributed by atoms with Crippen LogP contribution in [0.2, 0.25) is 0 Å². The SMILES string of the molecule is CCOC(=O)CCCSc1nnc(CSc2nc(N)cc(=O)[nH]2)o1. The van der Waals surface area contributed by atoms with Gasteiger partial charge in [-0.05, 0) is 13.3 Å². The number of nitrogen functional groups attached to an aromatic ring is 1. The molecule has 2 heterocycles. The molecule has 0 saturated heterocycles. The number of nitrogens with two attached hydrogens (primary N) is 1. The lowest BCUT2D eigenvalue weighted by molar-refractivity contribution is -0.143. The molecule has 2 aromatic heterocycles. The van der Waals surface area contributed by atoms with Gasteiger partial charge in [0.05, 0.1) is 12.4 Å². The molecule has 0 saturated carbocycles. The Morgan fingerprint density at radius 2 is 2.25 bits per heavy atom. The zero-order valence-corrected chi connectivity index (χ0v) is 14.6. The van der Waals surface area contributed by atoms with Gasteiger partial charge in [-0.3, -0.25) is 9.59 Å². The smallest absolute Gasteiger partial charge is 0.305 e. The van der Waals surface area contributed by atoms with Gasteiger partial charge in [0.2, 0.25) is 5.89 Å². The molecular weight excluding hydrogens is 354 g/mol. The molecule has 11 heteroatoms. The predicted molar refractivity (Wildman–Crippen MR) is 89.7 cm³/mol. The van der Waals surface area contributed by atoms with Gasteiger partial charge in [0, 0.05) is 18.2 Å². The molecule has 0 bridgehead atoms. The van der Waals surface area contributed by atoms with Crippen LogP contribution in [0.5, 0.6) is 0 Å². The van der Waals surface area contributed by atoms with Crippen molar-refractivity contribution in [3.63, 3.8) is 0 Å². The van der Waals surface area contributed by atoms with E-state index in [4.69, 9.17) is 14.9 Å². The second kappa shape index (κ2) is 9.33. The van der Waals surface area contributed by atoms with Crippen LogP contribution in [0, 0.1) is 0 Å². The molecule has 0 amide bonds. The lowest BCUT2D eigenvalue weighted by Crippen LogP contribution is -2.09. The van der Waals surface area contributed by atoms with Gasteiger partial charge in [-0.15, -0.1) is 10.2 Å². The number of aromatic amines is 1. The van der Waals surface area contributed by atoms with Crippen LogP contribution >= 0.6 is 23.5 Å². The zero-order chi connectivity index (χ0) is 17.4. The van der Waals surface area contributed by atoms with Crippen molar-refractivity contribution in [3.8, 4) is 0 Å². The van der Waals surface area contributed by atoms with Gasteiger partial charge in [0.15, 0.2) is 5.16 Å². The molecule has 0 aliphatic carbocycles. The van der Waals surface area contributed by atoms with Crippen LogP contribution < -0.4 is 11.3 Å². The number of rotatable bonds is 9. The summed E-state index contributed by atoms with van der Waals surface area (Å²) >= 11 is 2.62. The van der Waals surface area contributed by atoms with E-state index in [2.05, 4.69) is 20.2 Å². The van der Waals surface area contributed by atoms with Crippen molar-refractivity contribution in [1.29, 1.82) is 0 Å². The molecule has 24 heavy (non-hydrogen) atoms. The number of carbonyl (C=O) groups excluding carboxylic acids is 1. The zero-order valence-electron chi connectivity index (χ0n) is 13.0. The molecule has 9 nitrogen and oxygen atoms in total. The van der Waals surface area contributed by atoms with Crippen molar-refractivity contribution >= 4 is 35.3 Å². The van der Waals surface area contributed by atoms with Crippen LogP contribution in [-0.2, 0) is 15.3 Å². The first-order valence-corrected chi connectivity index (χ1v) is 9.14. The van der Waals surface area contributed by atoms with E-state index in [1.54, 1.807) is 6.92 Å². The summed E-state index contributed by atoms with van der Waals surface area (Å²) in [5.41, 5.74) is 5.20. The Morgan fingerprint density at radius 3 is 3.00 bits per heavy atom. The fourth-order valence-electron chi connectivity index (χ4n) is 1.62. The highest BCUT2D eigenvalue weighted by atomic mass is 32.2. The van der Waals surface area contributed by atoms with Crippen LogP contribution in [0.1, 0.15) is 25.7 Å². The number of aromatic nitrogens is 4. The van der Waals surface area contributed by atoms with E-state index < -0.39 is 0 Å². The fourth-order valence-corrected chi connectivity index (χ4v) is 3.05. The highest BCUT2D eigenvalue weighted by Crippen LogP contribution is 2.22. The Bertz CT molecular complexity index is 733. The van der Waals surface area contributed by atoms with Crippen LogP contribution in [0.3, 0.4) is 0 Å². The van der Waals surface area contributed by atoms with Gasteiger partial charge in [0.25, 0.3) is 10.8 Å². The summed E-state index contributed by atoms with van der Waals surface area (Å²) in [6.45, 7) is 2.17. The van der Waals surface area contributed by atoms with E-state index in [1.165, 1.54) is 29.6 Å². The maximum atomic E-state index is 11.3. The van der Waals surface area contributed by atoms with E-state index in [0.717, 1.165) is 0 Å². The van der Waals surface area contributed by atoms with Crippen LogP contribution in [-0.4, -0.2) is 38.5 Å². The highest BCUT2D eigenvalue weighted by Gasteiger charge is 2.09. The standard InChI is InChI=1S/C13H17N5O4S2/c1-2-21-11(20)4-3-5-23-13-18-17-10(22-13)7-24-12-15-8(14)6-9(19)16-12/h6H,2-5,7H2,1H3,(H3,14,15,16,19). The first-order chi connectivity index (χ1) is 11.6. The molecule has 2 aromatic rings. The summed E-state index contributed by atoms with van der Waals surface area (Å²) in [5, 5.41) is 8.66. The minimum atomic E-state index is -0.312. The van der Waals surface area contributed by atoms with Crippen molar-refractivity contribution in [2.24, 2.45) is 0 Å². The number of H-pyrrole nitrogens is 1. The lowest BCUT2D eigenvalue weighted by atomic mass is 10.3. The molecular formula is C13H17N5O4S2. The van der Waals surface area contributed by atoms with Gasteiger partial charge < -0.3 is 19.9 Å². The van der Waals surface area contributed by atoms with Crippen molar-refractivity contribution in [2.45, 2.75) is 35.9 Å². The maximum Gasteiger partial charge on any atom is 0.305 e. The molecule has 0 aromatic carbocycles. The van der Waals surface area contributed by atoms with Gasteiger partial charge in [-0.2, -0.15) is 0 Å². The Labute approximate surface area is 146 Å². The van der Waals surface area contributed by atoms with E-state index in [0.29, 0.717) is 47.2 Å². The third kappa shape index (κ3) is 6.24. The first kappa shape index (κ1) is 18.3. The number of hydrogen-bond donors (Lipinski definition) is 2. The summed E-state index contributed by atoms with van der Waals surface area (Å²) < 4.78 is 10.3. The summed E-state index contributed by atoms with van der Waals surface area (Å²) in [4.78, 5) is 29.0. The third-order valence-electron chi connectivity index (χ3n) is 2.58. The number of thioether (sulfide) groups is 2. The van der Waals surface area contributed by atoms with Gasteiger partial charge >= 0.3 is 5.97 Å². The quantitative estimate of drug-likeness (QED) is 0.288. The molecule has 0 aliphatic rings. The van der Waals surface area contributed by atoms with E-state index in [-0.39, 0.29) is 17.3 Å². The van der Waals surface area contributed by atoms with Gasteiger partial charge in [0.1, 0.15) is 5.82 Å². The minimum Gasteiger partial charge on any atom is -0.466 e. The summed E-state index contributed by atoms with van der Waals surface area (Å²) in [6.07, 6.45) is 1.04. The Morgan fingerprint density at radius 1 is 1.42 bits per heavy atom. The number of ether oxygens (including phenoxy) is 1. The lowest BCUT2D eigenvalue weighted by Gasteiger charge is -2.00. The Kier molecular flexibility index (Phi) is 7.12. The highest BCUT2D eigenvalue weighted by molar-refractivity contribution is 7.99.